The van der Waals surface area contributed by atoms with E-state index in [1.54, 1.807) is 35.1 Å². The Morgan fingerprint density at radius 3 is 2.58 bits per heavy atom. The van der Waals surface area contributed by atoms with Gasteiger partial charge in [0.15, 0.2) is 0 Å². The number of amides is 1. The first-order valence-corrected chi connectivity index (χ1v) is 6.23. The van der Waals surface area contributed by atoms with Crippen molar-refractivity contribution >= 4 is 23.1 Å². The molecule has 0 radical (unpaired) electrons. The number of nitrogens with one attached hydrogen (secondary N) is 1. The minimum atomic E-state index is -0.123. The van der Waals surface area contributed by atoms with Crippen LogP contribution in [0.15, 0.2) is 42.7 Å². The van der Waals surface area contributed by atoms with Gasteiger partial charge in [0.25, 0.3) is 5.91 Å². The summed E-state index contributed by atoms with van der Waals surface area (Å²) in [4.78, 5) is 12.2. The lowest BCUT2D eigenvalue weighted by Gasteiger charge is -2.06. The Labute approximate surface area is 116 Å². The van der Waals surface area contributed by atoms with Crippen LogP contribution in [0.2, 0.25) is 0 Å². The van der Waals surface area contributed by atoms with Crippen LogP contribution in [0.25, 0.3) is 0 Å². The third-order valence-corrected chi connectivity index (χ3v) is 2.85. The summed E-state index contributed by atoms with van der Waals surface area (Å²) in [6.07, 6.45) is 3.55. The van der Waals surface area contributed by atoms with E-state index < -0.39 is 0 Å². The predicted molar refractivity (Wildman–Crippen MR) is 76.9 cm³/mol. The molecule has 0 aliphatic heterocycles. The van der Waals surface area contributed by atoms with Gasteiger partial charge in [0, 0.05) is 30.1 Å². The third-order valence-electron chi connectivity index (χ3n) is 2.62. The Hall–Kier alpha value is -2.21. The molecule has 1 aromatic heterocycles. The Bertz CT molecular complexity index is 563. The van der Waals surface area contributed by atoms with E-state index in [0.29, 0.717) is 23.6 Å². The van der Waals surface area contributed by atoms with E-state index in [9.17, 15) is 4.79 Å². The Morgan fingerprint density at radius 1 is 1.32 bits per heavy atom. The van der Waals surface area contributed by atoms with Gasteiger partial charge in [-0.15, -0.1) is 0 Å². The van der Waals surface area contributed by atoms with Crippen LogP contribution in [0.4, 0.5) is 0 Å². The second kappa shape index (κ2) is 6.10. The fourth-order valence-electron chi connectivity index (χ4n) is 1.60. The molecule has 6 heteroatoms. The molecule has 0 aliphatic rings. The molecule has 0 atom stereocenters. The van der Waals surface area contributed by atoms with Gasteiger partial charge in [-0.25, -0.2) is 0 Å². The minimum absolute atomic E-state index is 0.123. The Morgan fingerprint density at radius 2 is 2.00 bits per heavy atom. The first-order chi connectivity index (χ1) is 9.16. The number of rotatable bonds is 5. The maximum absolute atomic E-state index is 11.8. The van der Waals surface area contributed by atoms with Crippen molar-refractivity contribution < 1.29 is 4.79 Å². The number of carbonyl (C=O) groups excluding carboxylic acids is 1. The van der Waals surface area contributed by atoms with Crippen molar-refractivity contribution in [2.24, 2.45) is 5.73 Å². The largest absolute Gasteiger partial charge is 0.389 e. The van der Waals surface area contributed by atoms with Crippen molar-refractivity contribution in [3.63, 3.8) is 0 Å². The number of nitrogens with zero attached hydrogens (tertiary/aromatic N) is 2. The Balaban J connectivity index is 1.87. The molecular weight excluding hydrogens is 260 g/mol. The van der Waals surface area contributed by atoms with Crippen molar-refractivity contribution in [1.82, 2.24) is 15.1 Å². The van der Waals surface area contributed by atoms with Crippen LogP contribution in [0.3, 0.4) is 0 Å². The van der Waals surface area contributed by atoms with Crippen molar-refractivity contribution in [1.29, 1.82) is 0 Å². The molecule has 19 heavy (non-hydrogen) atoms. The number of carbonyl (C=O) groups is 1. The quantitative estimate of drug-likeness (QED) is 0.796. The molecule has 98 valence electrons. The van der Waals surface area contributed by atoms with Crippen LogP contribution < -0.4 is 11.1 Å². The highest BCUT2D eigenvalue weighted by atomic mass is 32.1. The average molecular weight is 274 g/mol. The summed E-state index contributed by atoms with van der Waals surface area (Å²) in [5.41, 5.74) is 6.83. The van der Waals surface area contributed by atoms with Gasteiger partial charge in [0.05, 0.1) is 6.54 Å². The number of hydrogen-bond donors (Lipinski definition) is 2. The highest BCUT2D eigenvalue weighted by molar-refractivity contribution is 7.80. The van der Waals surface area contributed by atoms with E-state index in [1.165, 1.54) is 0 Å². The lowest BCUT2D eigenvalue weighted by atomic mass is 10.1. The van der Waals surface area contributed by atoms with Gasteiger partial charge < -0.3 is 11.1 Å². The summed E-state index contributed by atoms with van der Waals surface area (Å²) in [6.45, 7) is 1.17. The molecule has 5 nitrogen and oxygen atoms in total. The van der Waals surface area contributed by atoms with Crippen molar-refractivity contribution in [3.8, 4) is 0 Å². The van der Waals surface area contributed by atoms with E-state index in [0.717, 1.165) is 5.56 Å². The molecule has 2 aromatic rings. The summed E-state index contributed by atoms with van der Waals surface area (Å²) in [7, 11) is 0. The minimum Gasteiger partial charge on any atom is -0.389 e. The van der Waals surface area contributed by atoms with Crippen molar-refractivity contribution in [2.75, 3.05) is 6.54 Å². The van der Waals surface area contributed by atoms with E-state index in [4.69, 9.17) is 18.0 Å². The highest BCUT2D eigenvalue weighted by Crippen LogP contribution is 2.04. The van der Waals surface area contributed by atoms with Crippen molar-refractivity contribution in [3.05, 3.63) is 53.9 Å². The molecule has 0 bridgehead atoms. The van der Waals surface area contributed by atoms with Crippen LogP contribution in [0.1, 0.15) is 15.9 Å². The molecule has 0 unspecified atom stereocenters. The van der Waals surface area contributed by atoms with Crippen LogP contribution in [0, 0.1) is 0 Å². The molecule has 1 aromatic carbocycles. The van der Waals surface area contributed by atoms with Gasteiger partial charge in [0.2, 0.25) is 0 Å². The van der Waals surface area contributed by atoms with Gasteiger partial charge >= 0.3 is 0 Å². The fourth-order valence-corrected chi connectivity index (χ4v) is 1.74. The number of aromatic nitrogens is 2. The van der Waals surface area contributed by atoms with Crippen LogP contribution in [-0.2, 0) is 6.54 Å². The summed E-state index contributed by atoms with van der Waals surface area (Å²) >= 11 is 4.85. The molecular formula is C13H14N4OS. The summed E-state index contributed by atoms with van der Waals surface area (Å²) in [5.74, 6) is -0.123. The topological polar surface area (TPSA) is 72.9 Å². The number of benzene rings is 1. The van der Waals surface area contributed by atoms with Crippen LogP contribution >= 0.6 is 12.2 Å². The van der Waals surface area contributed by atoms with E-state index in [-0.39, 0.29) is 5.91 Å². The first kappa shape index (κ1) is 13.2. The fraction of sp³-hybridized carbons (Fsp3) is 0.154. The molecule has 2 rings (SSSR count). The molecule has 0 aliphatic carbocycles. The number of thiocarbonyl (C=S) groups is 1. The molecule has 1 amide bonds. The van der Waals surface area contributed by atoms with Crippen LogP contribution in [-0.4, -0.2) is 27.2 Å². The van der Waals surface area contributed by atoms with E-state index in [1.807, 2.05) is 12.3 Å². The SMILES string of the molecule is NC(=S)c1ccc(C(=O)NCCn2cccn2)cc1. The number of nitrogens with two attached hydrogens (primary N) is 1. The predicted octanol–water partition coefficient (Wildman–Crippen LogP) is 0.947. The maximum Gasteiger partial charge on any atom is 0.251 e. The molecule has 0 spiro atoms. The maximum atomic E-state index is 11.8. The summed E-state index contributed by atoms with van der Waals surface area (Å²) in [5, 5.41) is 6.88. The lowest BCUT2D eigenvalue weighted by molar-refractivity contribution is 0.0952. The molecule has 0 fully saturated rings. The highest BCUT2D eigenvalue weighted by Gasteiger charge is 2.05. The van der Waals surface area contributed by atoms with Gasteiger partial charge in [0.1, 0.15) is 4.99 Å². The monoisotopic (exact) mass is 274 g/mol. The standard InChI is InChI=1S/C13H14N4OS/c14-12(19)10-2-4-11(5-3-10)13(18)15-7-9-17-8-1-6-16-17/h1-6,8H,7,9H2,(H2,14,19)(H,15,18). The second-order valence-corrected chi connectivity index (χ2v) is 4.41. The molecule has 3 N–H and O–H groups in total. The van der Waals surface area contributed by atoms with Gasteiger partial charge in [-0.2, -0.15) is 5.10 Å². The molecule has 1 heterocycles. The summed E-state index contributed by atoms with van der Waals surface area (Å²) < 4.78 is 1.76. The zero-order valence-electron chi connectivity index (χ0n) is 10.2. The third kappa shape index (κ3) is 3.62. The molecule has 0 saturated carbocycles. The Kier molecular flexibility index (Phi) is 4.25. The van der Waals surface area contributed by atoms with Gasteiger partial charge in [-0.05, 0) is 18.2 Å². The van der Waals surface area contributed by atoms with Gasteiger partial charge in [-0.3, -0.25) is 9.48 Å². The average Bonchev–Trinajstić information content (AvgIpc) is 2.92. The van der Waals surface area contributed by atoms with E-state index >= 15 is 0 Å². The second-order valence-electron chi connectivity index (χ2n) is 3.97. The van der Waals surface area contributed by atoms with Crippen molar-refractivity contribution in [2.45, 2.75) is 6.54 Å². The zero-order valence-corrected chi connectivity index (χ0v) is 11.1. The lowest BCUT2D eigenvalue weighted by Crippen LogP contribution is -2.27. The zero-order chi connectivity index (χ0) is 13.7. The molecule has 0 saturated heterocycles. The van der Waals surface area contributed by atoms with Gasteiger partial charge in [-0.1, -0.05) is 24.4 Å². The smallest absolute Gasteiger partial charge is 0.251 e. The summed E-state index contributed by atoms with van der Waals surface area (Å²) in [6, 6.07) is 8.74. The van der Waals surface area contributed by atoms with E-state index in [2.05, 4.69) is 10.4 Å². The normalized spacial score (nSPS) is 10.1. The number of hydrogen-bond acceptors (Lipinski definition) is 3. The first-order valence-electron chi connectivity index (χ1n) is 5.82. The van der Waals surface area contributed by atoms with Crippen LogP contribution in [0.5, 0.6) is 0 Å².